The second-order valence-electron chi connectivity index (χ2n) is 14.4. The molecule has 2 heterocycles. The molecule has 0 aliphatic carbocycles. The van der Waals surface area contributed by atoms with Crippen molar-refractivity contribution in [1.29, 1.82) is 0 Å². The van der Waals surface area contributed by atoms with Crippen molar-refractivity contribution in [2.24, 2.45) is 0 Å². The van der Waals surface area contributed by atoms with Crippen LogP contribution in [-0.2, 0) is 0 Å². The topological polar surface area (TPSA) is 51.8 Å². The lowest BCUT2D eigenvalue weighted by Crippen LogP contribution is -2.01. The van der Waals surface area contributed by atoms with E-state index >= 15 is 0 Å². The number of hydrogen-bond acceptors (Lipinski definition) is 4. The Kier molecular flexibility index (Phi) is 7.78. The summed E-state index contributed by atoms with van der Waals surface area (Å²) in [6.45, 7) is 0. The van der Waals surface area contributed by atoms with Crippen molar-refractivity contribution in [2.75, 3.05) is 0 Å². The van der Waals surface area contributed by atoms with Gasteiger partial charge in [-0.15, -0.1) is 0 Å². The van der Waals surface area contributed by atoms with Crippen LogP contribution >= 0.6 is 0 Å². The first-order chi connectivity index (χ1) is 28.2. The van der Waals surface area contributed by atoms with Crippen molar-refractivity contribution in [3.63, 3.8) is 0 Å². The third-order valence-electron chi connectivity index (χ3n) is 11.0. The fourth-order valence-corrected chi connectivity index (χ4v) is 8.11. The Morgan fingerprint density at radius 3 is 1.67 bits per heavy atom. The average Bonchev–Trinajstić information content (AvgIpc) is 3.67. The van der Waals surface area contributed by atoms with Crippen molar-refractivity contribution in [3.05, 3.63) is 200 Å². The molecule has 0 unspecified atom stereocenters. The van der Waals surface area contributed by atoms with Crippen LogP contribution in [0.4, 0.5) is 0 Å². The molecule has 2 aromatic heterocycles. The first-order valence-electron chi connectivity index (χ1n) is 19.2. The van der Waals surface area contributed by atoms with Gasteiger partial charge < -0.3 is 4.42 Å². The summed E-state index contributed by atoms with van der Waals surface area (Å²) in [5, 5.41) is 6.71. The Labute approximate surface area is 329 Å². The maximum absolute atomic E-state index is 6.47. The number of aromatic nitrogens is 3. The number of furan rings is 1. The van der Waals surface area contributed by atoms with E-state index in [9.17, 15) is 0 Å². The standard InChI is InChI=1S/C53H33N3O/c1-2-11-34(12-3-1)36-21-24-39(25-22-36)45-31-32-48-49(46-18-8-9-20-47(46)57-48)50(45)53-55-51(54-52(56-53)42-30-23-35-13-4-5-15-41(35)33-42)40-28-26-38(27-29-40)44-19-10-16-37-14-6-7-17-43(37)44/h1-33H. The van der Waals surface area contributed by atoms with Crippen molar-refractivity contribution >= 4 is 43.5 Å². The van der Waals surface area contributed by atoms with Gasteiger partial charge in [0, 0.05) is 27.5 Å². The molecule has 0 radical (unpaired) electrons. The smallest absolute Gasteiger partial charge is 0.165 e. The van der Waals surface area contributed by atoms with E-state index in [1.54, 1.807) is 0 Å². The third-order valence-corrected chi connectivity index (χ3v) is 11.0. The molecule has 266 valence electrons. The molecule has 57 heavy (non-hydrogen) atoms. The second kappa shape index (κ2) is 13.6. The van der Waals surface area contributed by atoms with E-state index in [0.717, 1.165) is 71.7 Å². The van der Waals surface area contributed by atoms with Crippen LogP contribution in [0.5, 0.6) is 0 Å². The molecule has 4 heteroatoms. The maximum atomic E-state index is 6.47. The summed E-state index contributed by atoms with van der Waals surface area (Å²) in [5.74, 6) is 1.79. The predicted octanol–water partition coefficient (Wildman–Crippen LogP) is 14.1. The monoisotopic (exact) mass is 727 g/mol. The van der Waals surface area contributed by atoms with Crippen LogP contribution in [0.1, 0.15) is 0 Å². The van der Waals surface area contributed by atoms with Gasteiger partial charge in [-0.25, -0.2) is 15.0 Å². The highest BCUT2D eigenvalue weighted by Gasteiger charge is 2.22. The molecule has 11 aromatic rings. The Morgan fingerprint density at radius 1 is 0.298 bits per heavy atom. The van der Waals surface area contributed by atoms with E-state index in [1.165, 1.54) is 21.9 Å². The van der Waals surface area contributed by atoms with Crippen molar-refractivity contribution in [2.45, 2.75) is 0 Å². The minimum atomic E-state index is 0.584. The zero-order valence-corrected chi connectivity index (χ0v) is 30.8. The molecule has 0 bridgehead atoms. The highest BCUT2D eigenvalue weighted by molar-refractivity contribution is 6.15. The van der Waals surface area contributed by atoms with Crippen LogP contribution in [0.2, 0.25) is 0 Å². The number of fused-ring (bicyclic) bond motifs is 5. The Hall–Kier alpha value is -7.69. The molecular weight excluding hydrogens is 695 g/mol. The van der Waals surface area contributed by atoms with E-state index in [4.69, 9.17) is 19.4 Å². The number of benzene rings is 9. The maximum Gasteiger partial charge on any atom is 0.165 e. The molecular formula is C53H33N3O. The molecule has 0 aliphatic rings. The summed E-state index contributed by atoms with van der Waals surface area (Å²) in [5.41, 5.74) is 11.1. The highest BCUT2D eigenvalue weighted by atomic mass is 16.3. The molecule has 0 N–H and O–H groups in total. The van der Waals surface area contributed by atoms with Gasteiger partial charge in [-0.05, 0) is 79.2 Å². The Balaban J connectivity index is 1.13. The highest BCUT2D eigenvalue weighted by Crippen LogP contribution is 2.43. The van der Waals surface area contributed by atoms with Gasteiger partial charge in [0.15, 0.2) is 17.5 Å². The molecule has 9 aromatic carbocycles. The van der Waals surface area contributed by atoms with Gasteiger partial charge in [-0.2, -0.15) is 0 Å². The molecule has 0 amide bonds. The van der Waals surface area contributed by atoms with E-state index < -0.39 is 0 Å². The van der Waals surface area contributed by atoms with Crippen LogP contribution in [-0.4, -0.2) is 15.0 Å². The van der Waals surface area contributed by atoms with Crippen LogP contribution in [0, 0.1) is 0 Å². The fourth-order valence-electron chi connectivity index (χ4n) is 8.11. The molecule has 0 fully saturated rings. The summed E-state index contributed by atoms with van der Waals surface area (Å²) in [6.07, 6.45) is 0. The van der Waals surface area contributed by atoms with E-state index in [2.05, 4.69) is 182 Å². The molecule has 11 rings (SSSR count). The van der Waals surface area contributed by atoms with Crippen molar-refractivity contribution in [1.82, 2.24) is 15.0 Å². The number of nitrogens with zero attached hydrogens (tertiary/aromatic N) is 3. The van der Waals surface area contributed by atoms with Gasteiger partial charge >= 0.3 is 0 Å². The van der Waals surface area contributed by atoms with Crippen LogP contribution < -0.4 is 0 Å². The second-order valence-corrected chi connectivity index (χ2v) is 14.4. The quantitative estimate of drug-likeness (QED) is 0.171. The third kappa shape index (κ3) is 5.83. The predicted molar refractivity (Wildman–Crippen MR) is 235 cm³/mol. The fraction of sp³-hybridized carbons (Fsp3) is 0. The average molecular weight is 728 g/mol. The molecule has 4 nitrogen and oxygen atoms in total. The van der Waals surface area contributed by atoms with Gasteiger partial charge in [0.05, 0.1) is 0 Å². The van der Waals surface area contributed by atoms with Gasteiger partial charge in [0.1, 0.15) is 11.2 Å². The number of rotatable bonds is 6. The summed E-state index contributed by atoms with van der Waals surface area (Å²) in [4.78, 5) is 15.9. The van der Waals surface area contributed by atoms with E-state index in [1.807, 2.05) is 18.2 Å². The van der Waals surface area contributed by atoms with Crippen LogP contribution in [0.15, 0.2) is 205 Å². The van der Waals surface area contributed by atoms with Gasteiger partial charge in [0.25, 0.3) is 0 Å². The number of para-hydroxylation sites is 1. The summed E-state index contributed by atoms with van der Waals surface area (Å²) < 4.78 is 6.47. The summed E-state index contributed by atoms with van der Waals surface area (Å²) in [7, 11) is 0. The van der Waals surface area contributed by atoms with Crippen molar-refractivity contribution in [3.8, 4) is 67.5 Å². The van der Waals surface area contributed by atoms with Gasteiger partial charge in [-0.1, -0.05) is 176 Å². The SMILES string of the molecule is c1ccc(-c2ccc(-c3ccc4oc5ccccc5c4c3-c3nc(-c4ccc(-c5cccc6ccccc56)cc4)nc(-c4ccc5ccccc5c4)n3)cc2)cc1. The molecule has 0 aliphatic heterocycles. The van der Waals surface area contributed by atoms with Crippen LogP contribution in [0.3, 0.4) is 0 Å². The first-order valence-corrected chi connectivity index (χ1v) is 19.2. The lowest BCUT2D eigenvalue weighted by molar-refractivity contribution is 0.669. The van der Waals surface area contributed by atoms with Gasteiger partial charge in [-0.3, -0.25) is 0 Å². The first kappa shape index (κ1) is 32.7. The van der Waals surface area contributed by atoms with E-state index in [0.29, 0.717) is 17.5 Å². The largest absolute Gasteiger partial charge is 0.456 e. The summed E-state index contributed by atoms with van der Waals surface area (Å²) >= 11 is 0. The zero-order chi connectivity index (χ0) is 37.7. The minimum absolute atomic E-state index is 0.584. The zero-order valence-electron chi connectivity index (χ0n) is 30.8. The lowest BCUT2D eigenvalue weighted by atomic mass is 9.93. The Morgan fingerprint density at radius 2 is 0.860 bits per heavy atom. The molecule has 0 spiro atoms. The molecule has 0 atom stereocenters. The van der Waals surface area contributed by atoms with Crippen molar-refractivity contribution < 1.29 is 4.42 Å². The lowest BCUT2D eigenvalue weighted by Gasteiger charge is -2.14. The molecule has 0 saturated heterocycles. The van der Waals surface area contributed by atoms with Crippen LogP contribution in [0.25, 0.3) is 111 Å². The minimum Gasteiger partial charge on any atom is -0.456 e. The Bertz CT molecular complexity index is 3270. The summed E-state index contributed by atoms with van der Waals surface area (Å²) in [6, 6.07) is 69.9. The number of hydrogen-bond donors (Lipinski definition) is 0. The normalized spacial score (nSPS) is 11.5. The van der Waals surface area contributed by atoms with E-state index in [-0.39, 0.29) is 0 Å². The van der Waals surface area contributed by atoms with Gasteiger partial charge in [0.2, 0.25) is 0 Å². The molecule has 0 saturated carbocycles.